The topological polar surface area (TPSA) is 60.9 Å². The molecule has 4 nitrogen and oxygen atoms in total. The fourth-order valence-corrected chi connectivity index (χ4v) is 1.79. The third-order valence-electron chi connectivity index (χ3n) is 2.44. The predicted molar refractivity (Wildman–Crippen MR) is 66.0 cm³/mol. The molecule has 0 unspecified atom stereocenters. The van der Waals surface area contributed by atoms with Crippen LogP contribution in [0.1, 0.15) is 21.6 Å². The van der Waals surface area contributed by atoms with E-state index < -0.39 is 5.91 Å². The summed E-state index contributed by atoms with van der Waals surface area (Å²) in [7, 11) is 0. The van der Waals surface area contributed by atoms with Gasteiger partial charge in [0.15, 0.2) is 0 Å². The lowest BCUT2D eigenvalue weighted by Crippen LogP contribution is -2.11. The molecule has 0 aliphatic carbocycles. The second-order valence-corrected chi connectivity index (χ2v) is 4.23. The summed E-state index contributed by atoms with van der Waals surface area (Å²) in [6, 6.07) is 6.96. The van der Waals surface area contributed by atoms with Gasteiger partial charge in [-0.1, -0.05) is 17.7 Å². The zero-order chi connectivity index (χ0) is 12.4. The number of halogens is 1. The van der Waals surface area contributed by atoms with Gasteiger partial charge in [-0.15, -0.1) is 0 Å². The number of hydrogen-bond donors (Lipinski definition) is 1. The molecular formula is C12H12ClN3O. The minimum atomic E-state index is -0.478. The highest BCUT2D eigenvalue weighted by molar-refractivity contribution is 6.31. The van der Waals surface area contributed by atoms with Gasteiger partial charge in [0.1, 0.15) is 0 Å². The van der Waals surface area contributed by atoms with Crippen molar-refractivity contribution in [2.45, 2.75) is 13.5 Å². The van der Waals surface area contributed by atoms with E-state index in [0.29, 0.717) is 17.1 Å². The van der Waals surface area contributed by atoms with Gasteiger partial charge in [-0.25, -0.2) is 0 Å². The Labute approximate surface area is 104 Å². The quantitative estimate of drug-likeness (QED) is 0.904. The maximum absolute atomic E-state index is 11.0. The predicted octanol–water partition coefficient (Wildman–Crippen LogP) is 1.99. The molecule has 0 bridgehead atoms. The van der Waals surface area contributed by atoms with Crippen LogP contribution in [0.25, 0.3) is 0 Å². The minimum absolute atomic E-state index is 0.412. The number of carbonyl (C=O) groups is 1. The number of amides is 1. The Bertz CT molecular complexity index is 563. The Balaban J connectivity index is 2.25. The van der Waals surface area contributed by atoms with Crippen LogP contribution >= 0.6 is 11.6 Å². The smallest absolute Gasteiger partial charge is 0.248 e. The Kier molecular flexibility index (Phi) is 3.15. The summed E-state index contributed by atoms with van der Waals surface area (Å²) < 4.78 is 1.79. The van der Waals surface area contributed by atoms with Crippen LogP contribution in [0.3, 0.4) is 0 Å². The standard InChI is InChI=1S/C12H12ClN3O/c1-8-4-5-16(15-8)7-10-3-2-9(12(14)17)6-11(10)13/h2-6H,7H2,1H3,(H2,14,17). The molecule has 1 aromatic heterocycles. The second kappa shape index (κ2) is 4.59. The van der Waals surface area contributed by atoms with Crippen LogP contribution in [0.4, 0.5) is 0 Å². The molecule has 0 saturated heterocycles. The first-order chi connectivity index (χ1) is 8.06. The molecule has 17 heavy (non-hydrogen) atoms. The number of nitrogens with two attached hydrogens (primary N) is 1. The molecule has 0 spiro atoms. The van der Waals surface area contributed by atoms with E-state index in [2.05, 4.69) is 5.10 Å². The van der Waals surface area contributed by atoms with Gasteiger partial charge in [0, 0.05) is 16.8 Å². The van der Waals surface area contributed by atoms with Gasteiger partial charge in [-0.3, -0.25) is 9.48 Å². The molecule has 0 aliphatic heterocycles. The van der Waals surface area contributed by atoms with Gasteiger partial charge in [0.2, 0.25) is 5.91 Å². The molecule has 2 rings (SSSR count). The summed E-state index contributed by atoms with van der Waals surface area (Å²) in [4.78, 5) is 11.0. The summed E-state index contributed by atoms with van der Waals surface area (Å²) in [5, 5.41) is 4.79. The Morgan fingerprint density at radius 2 is 2.24 bits per heavy atom. The van der Waals surface area contributed by atoms with Crippen molar-refractivity contribution in [1.82, 2.24) is 9.78 Å². The molecule has 2 N–H and O–H groups in total. The largest absolute Gasteiger partial charge is 0.366 e. The summed E-state index contributed by atoms with van der Waals surface area (Å²) >= 11 is 6.08. The summed E-state index contributed by atoms with van der Waals surface area (Å²) in [5.74, 6) is -0.478. The molecule has 0 saturated carbocycles. The molecule has 88 valence electrons. The van der Waals surface area contributed by atoms with E-state index in [9.17, 15) is 4.79 Å². The lowest BCUT2D eigenvalue weighted by molar-refractivity contribution is 0.100. The van der Waals surface area contributed by atoms with E-state index in [4.69, 9.17) is 17.3 Å². The molecule has 0 atom stereocenters. The normalized spacial score (nSPS) is 10.5. The average Bonchev–Trinajstić information content (AvgIpc) is 2.67. The molecule has 0 radical (unpaired) electrons. The molecule has 1 amide bonds. The maximum Gasteiger partial charge on any atom is 0.248 e. The van der Waals surface area contributed by atoms with Crippen molar-refractivity contribution in [3.63, 3.8) is 0 Å². The summed E-state index contributed by atoms with van der Waals surface area (Å²) in [6.45, 7) is 2.50. The van der Waals surface area contributed by atoms with Crippen molar-refractivity contribution < 1.29 is 4.79 Å². The minimum Gasteiger partial charge on any atom is -0.366 e. The van der Waals surface area contributed by atoms with Crippen molar-refractivity contribution in [3.05, 3.63) is 52.3 Å². The van der Waals surface area contributed by atoms with Crippen LogP contribution < -0.4 is 5.73 Å². The van der Waals surface area contributed by atoms with E-state index >= 15 is 0 Å². The van der Waals surface area contributed by atoms with Crippen LogP contribution in [-0.2, 0) is 6.54 Å². The number of benzene rings is 1. The number of nitrogens with zero attached hydrogens (tertiary/aromatic N) is 2. The van der Waals surface area contributed by atoms with E-state index in [0.717, 1.165) is 11.3 Å². The van der Waals surface area contributed by atoms with E-state index in [1.165, 1.54) is 0 Å². The van der Waals surface area contributed by atoms with Crippen molar-refractivity contribution >= 4 is 17.5 Å². The van der Waals surface area contributed by atoms with Crippen LogP contribution in [0.2, 0.25) is 5.02 Å². The van der Waals surface area contributed by atoms with Gasteiger partial charge < -0.3 is 5.73 Å². The number of hydrogen-bond acceptors (Lipinski definition) is 2. The highest BCUT2D eigenvalue weighted by Gasteiger charge is 2.06. The Morgan fingerprint density at radius 3 is 2.76 bits per heavy atom. The van der Waals surface area contributed by atoms with Crippen molar-refractivity contribution in [1.29, 1.82) is 0 Å². The third kappa shape index (κ3) is 2.65. The Morgan fingerprint density at radius 1 is 1.47 bits per heavy atom. The van der Waals surface area contributed by atoms with Crippen LogP contribution in [0, 0.1) is 6.92 Å². The third-order valence-corrected chi connectivity index (χ3v) is 2.80. The van der Waals surface area contributed by atoms with Crippen LogP contribution in [0.5, 0.6) is 0 Å². The molecule has 0 fully saturated rings. The monoisotopic (exact) mass is 249 g/mol. The van der Waals surface area contributed by atoms with Gasteiger partial charge in [0.25, 0.3) is 0 Å². The highest BCUT2D eigenvalue weighted by atomic mass is 35.5. The van der Waals surface area contributed by atoms with Gasteiger partial charge in [-0.05, 0) is 30.7 Å². The van der Waals surface area contributed by atoms with E-state index in [1.54, 1.807) is 22.9 Å². The molecule has 5 heteroatoms. The SMILES string of the molecule is Cc1ccn(Cc2ccc(C(N)=O)cc2Cl)n1. The van der Waals surface area contributed by atoms with Gasteiger partial charge >= 0.3 is 0 Å². The average molecular weight is 250 g/mol. The zero-order valence-corrected chi connectivity index (χ0v) is 10.1. The van der Waals surface area contributed by atoms with Gasteiger partial charge in [0.05, 0.1) is 12.2 Å². The number of aryl methyl sites for hydroxylation is 1. The number of carbonyl (C=O) groups excluding carboxylic acids is 1. The fourth-order valence-electron chi connectivity index (χ4n) is 1.55. The number of primary amides is 1. The lowest BCUT2D eigenvalue weighted by Gasteiger charge is -2.06. The molecule has 1 aromatic carbocycles. The van der Waals surface area contributed by atoms with E-state index in [1.807, 2.05) is 19.2 Å². The summed E-state index contributed by atoms with van der Waals surface area (Å²) in [5.41, 5.74) is 7.44. The zero-order valence-electron chi connectivity index (χ0n) is 9.35. The first kappa shape index (κ1) is 11.7. The molecule has 2 aromatic rings. The number of rotatable bonds is 3. The van der Waals surface area contributed by atoms with Gasteiger partial charge in [-0.2, -0.15) is 5.10 Å². The lowest BCUT2D eigenvalue weighted by atomic mass is 10.1. The second-order valence-electron chi connectivity index (χ2n) is 3.83. The van der Waals surface area contributed by atoms with Crippen molar-refractivity contribution in [2.75, 3.05) is 0 Å². The Hall–Kier alpha value is -1.81. The molecule has 1 heterocycles. The van der Waals surface area contributed by atoms with Crippen molar-refractivity contribution in [3.8, 4) is 0 Å². The summed E-state index contributed by atoms with van der Waals surface area (Å²) in [6.07, 6.45) is 1.88. The van der Waals surface area contributed by atoms with Crippen LogP contribution in [0.15, 0.2) is 30.5 Å². The van der Waals surface area contributed by atoms with Crippen molar-refractivity contribution in [2.24, 2.45) is 5.73 Å². The highest BCUT2D eigenvalue weighted by Crippen LogP contribution is 2.18. The van der Waals surface area contributed by atoms with Crippen LogP contribution in [-0.4, -0.2) is 15.7 Å². The number of aromatic nitrogens is 2. The molecule has 0 aliphatic rings. The maximum atomic E-state index is 11.0. The fraction of sp³-hybridized carbons (Fsp3) is 0.167. The molecular weight excluding hydrogens is 238 g/mol. The van der Waals surface area contributed by atoms with E-state index in [-0.39, 0.29) is 0 Å². The first-order valence-corrected chi connectivity index (χ1v) is 5.52. The first-order valence-electron chi connectivity index (χ1n) is 5.14.